The Morgan fingerprint density at radius 1 is 0.407 bits per heavy atom. The average Bonchev–Trinajstić information content (AvgIpc) is 3.82. The molecule has 54 heavy (non-hydrogen) atoms. The molecule has 10 atom stereocenters. The normalized spacial score (nSPS) is 43.3. The van der Waals surface area contributed by atoms with Crippen LogP contribution in [0.15, 0.2) is 0 Å². The minimum absolute atomic E-state index is 0.0323. The molecule has 16 nitrogen and oxygen atoms in total. The third kappa shape index (κ3) is 6.38. The summed E-state index contributed by atoms with van der Waals surface area (Å²) in [5.41, 5.74) is -4.10. The molecule has 7 rings (SSSR count). The lowest BCUT2D eigenvalue weighted by Crippen LogP contribution is -2.61. The number of hydrogen-bond acceptors (Lipinski definition) is 16. The molecule has 7 fully saturated rings. The Morgan fingerprint density at radius 2 is 0.704 bits per heavy atom. The van der Waals surface area contributed by atoms with Crippen LogP contribution in [0.3, 0.4) is 0 Å². The first-order valence-corrected chi connectivity index (χ1v) is 19.4. The molecule has 2 spiro atoms. The van der Waals surface area contributed by atoms with Crippen molar-refractivity contribution in [3.63, 3.8) is 0 Å². The third-order valence-electron chi connectivity index (χ3n) is 13.2. The van der Waals surface area contributed by atoms with Crippen LogP contribution in [0.25, 0.3) is 0 Å². The standard InChI is InChI=1S/C38H52O16/c1-35-7-3-5-9-37(35)25-23(27(53-37)29(35)39)31(41)49-19-15-45-11-12-46-16-20-50-32(42)24-26(38-10-6-4-8-36(38,2)30(40)28(24)54-38)34(44)52-22-18-48-14-13-47-17-21-51-33(25)43/h23-28H,3-22H2,1-2H3/t23-,24-,25-,26-,27-,28-,35-,36-,37+,38+/m0/s1. The van der Waals surface area contributed by atoms with Gasteiger partial charge in [0.15, 0.2) is 11.6 Å². The topological polar surface area (TPSA) is 195 Å². The second kappa shape index (κ2) is 15.8. The molecule has 0 radical (unpaired) electrons. The van der Waals surface area contributed by atoms with Gasteiger partial charge in [-0.1, -0.05) is 25.7 Å². The fraction of sp³-hybridized carbons (Fsp3) is 0.842. The van der Waals surface area contributed by atoms with Crippen LogP contribution < -0.4 is 0 Å². The number of ketones is 2. The zero-order valence-corrected chi connectivity index (χ0v) is 31.1. The molecule has 0 aromatic rings. The van der Waals surface area contributed by atoms with Gasteiger partial charge in [0, 0.05) is 0 Å². The van der Waals surface area contributed by atoms with Crippen LogP contribution in [0, 0.1) is 34.5 Å². The maximum atomic E-state index is 13.7. The van der Waals surface area contributed by atoms with Crippen molar-refractivity contribution in [1.29, 1.82) is 0 Å². The second-order valence-electron chi connectivity index (χ2n) is 15.8. The van der Waals surface area contributed by atoms with Crippen LogP contribution in [-0.4, -0.2) is 138 Å². The number of hydrogen-bond donors (Lipinski definition) is 0. The number of esters is 4. The van der Waals surface area contributed by atoms with Gasteiger partial charge in [-0.25, -0.2) is 0 Å². The quantitative estimate of drug-likeness (QED) is 0.253. The van der Waals surface area contributed by atoms with Gasteiger partial charge in [-0.05, 0) is 39.5 Å². The summed E-state index contributed by atoms with van der Waals surface area (Å²) >= 11 is 0. The minimum Gasteiger partial charge on any atom is -0.463 e. The monoisotopic (exact) mass is 764 g/mol. The van der Waals surface area contributed by atoms with E-state index in [2.05, 4.69) is 0 Å². The minimum atomic E-state index is -1.15. The summed E-state index contributed by atoms with van der Waals surface area (Å²) in [6, 6.07) is 0. The van der Waals surface area contributed by atoms with E-state index in [-0.39, 0.29) is 90.8 Å². The largest absolute Gasteiger partial charge is 0.463 e. The Balaban J connectivity index is 0.976. The van der Waals surface area contributed by atoms with Gasteiger partial charge in [0.2, 0.25) is 0 Å². The lowest BCUT2D eigenvalue weighted by molar-refractivity contribution is -0.176. The Kier molecular flexibility index (Phi) is 11.5. The van der Waals surface area contributed by atoms with Crippen molar-refractivity contribution in [3.8, 4) is 0 Å². The number of carbonyl (C=O) groups is 6. The van der Waals surface area contributed by atoms with E-state index in [9.17, 15) is 28.8 Å². The molecule has 300 valence electrons. The van der Waals surface area contributed by atoms with Gasteiger partial charge in [0.25, 0.3) is 0 Å². The first-order chi connectivity index (χ1) is 26.0. The van der Waals surface area contributed by atoms with E-state index in [1.165, 1.54) is 0 Å². The summed E-state index contributed by atoms with van der Waals surface area (Å²) in [5, 5.41) is 0. The van der Waals surface area contributed by atoms with Crippen LogP contribution in [-0.2, 0) is 76.1 Å². The number of fused-ring (bicyclic) bond motifs is 6. The molecule has 2 aliphatic carbocycles. The molecule has 5 aliphatic heterocycles. The third-order valence-corrected chi connectivity index (χ3v) is 13.2. The van der Waals surface area contributed by atoms with Gasteiger partial charge in [0.05, 0.1) is 74.9 Å². The Bertz CT molecular complexity index is 1370. The lowest BCUT2D eigenvalue weighted by Gasteiger charge is -2.48. The maximum Gasteiger partial charge on any atom is 0.313 e. The highest BCUT2D eigenvalue weighted by molar-refractivity contribution is 6.02. The predicted octanol–water partition coefficient (Wildman–Crippen LogP) is 1.31. The number of ether oxygens (including phenoxy) is 10. The number of carbonyl (C=O) groups excluding carboxylic acids is 6. The second-order valence-corrected chi connectivity index (χ2v) is 15.8. The first kappa shape index (κ1) is 39.2. The van der Waals surface area contributed by atoms with Crippen LogP contribution in [0.1, 0.15) is 65.2 Å². The first-order valence-electron chi connectivity index (χ1n) is 19.4. The predicted molar refractivity (Wildman–Crippen MR) is 179 cm³/mol. The molecule has 0 aromatic carbocycles. The maximum absolute atomic E-state index is 13.7. The van der Waals surface area contributed by atoms with Crippen molar-refractivity contribution in [2.24, 2.45) is 34.5 Å². The fourth-order valence-electron chi connectivity index (χ4n) is 10.5. The molecular formula is C38H52O16. The molecule has 0 aromatic heterocycles. The summed E-state index contributed by atoms with van der Waals surface area (Å²) in [5.74, 6) is -7.34. The van der Waals surface area contributed by atoms with Crippen LogP contribution in [0.4, 0.5) is 0 Å². The van der Waals surface area contributed by atoms with E-state index in [1.54, 1.807) is 0 Å². The van der Waals surface area contributed by atoms with Gasteiger partial charge in [-0.15, -0.1) is 0 Å². The van der Waals surface area contributed by atoms with Gasteiger partial charge in [0.1, 0.15) is 62.3 Å². The summed E-state index contributed by atoms with van der Waals surface area (Å²) in [6.07, 6.45) is 2.98. The molecule has 0 N–H and O–H groups in total. The van der Waals surface area contributed by atoms with E-state index < -0.39 is 81.8 Å². The molecular weight excluding hydrogens is 712 g/mol. The molecule has 5 heterocycles. The van der Waals surface area contributed by atoms with E-state index >= 15 is 0 Å². The molecule has 2 saturated carbocycles. The smallest absolute Gasteiger partial charge is 0.313 e. The van der Waals surface area contributed by atoms with Crippen molar-refractivity contribution in [2.45, 2.75) is 88.6 Å². The fourth-order valence-corrected chi connectivity index (χ4v) is 10.5. The molecule has 0 amide bonds. The Morgan fingerprint density at radius 3 is 1.06 bits per heavy atom. The van der Waals surface area contributed by atoms with Gasteiger partial charge in [-0.3, -0.25) is 28.8 Å². The van der Waals surface area contributed by atoms with Gasteiger partial charge < -0.3 is 47.4 Å². The van der Waals surface area contributed by atoms with Crippen LogP contribution >= 0.6 is 0 Å². The van der Waals surface area contributed by atoms with Crippen molar-refractivity contribution >= 4 is 35.4 Å². The van der Waals surface area contributed by atoms with E-state index in [1.807, 2.05) is 13.8 Å². The summed E-state index contributed by atoms with van der Waals surface area (Å²) < 4.78 is 57.1. The van der Waals surface area contributed by atoms with E-state index in [0.717, 1.165) is 25.7 Å². The summed E-state index contributed by atoms with van der Waals surface area (Å²) in [7, 11) is 0. The number of Topliss-reactive ketones (excluding diaryl/α,β-unsaturated/α-hetero) is 2. The Labute approximate surface area is 313 Å². The SMILES string of the molecule is C[C@@]12CCCC[C@]13O[C@H](C2=O)[C@H]1C(=O)OCCOCCOCCOC(=O)[C@@H]2[C@@H]4O[C@]5(CCCC[C@@]5(C)C4=O)[C@@H]2C(=O)OCCOCCOCCOC(=O)[C@H]13. The highest BCUT2D eigenvalue weighted by Gasteiger charge is 2.79. The van der Waals surface area contributed by atoms with Crippen molar-refractivity contribution in [1.82, 2.24) is 0 Å². The average molecular weight is 765 g/mol. The summed E-state index contributed by atoms with van der Waals surface area (Å²) in [4.78, 5) is 81.3. The van der Waals surface area contributed by atoms with E-state index in [4.69, 9.17) is 47.4 Å². The van der Waals surface area contributed by atoms with Crippen LogP contribution in [0.5, 0.6) is 0 Å². The molecule has 7 aliphatic rings. The highest BCUT2D eigenvalue weighted by atomic mass is 16.6. The zero-order valence-electron chi connectivity index (χ0n) is 31.1. The number of rotatable bonds is 0. The zero-order chi connectivity index (χ0) is 38.1. The number of cyclic esters (lactones) is 4. The summed E-state index contributed by atoms with van der Waals surface area (Å²) in [6.45, 7) is 4.00. The van der Waals surface area contributed by atoms with Crippen molar-refractivity contribution < 1.29 is 76.1 Å². The Hall–Kier alpha value is -3.02. The molecule has 4 bridgehead atoms. The van der Waals surface area contributed by atoms with Crippen molar-refractivity contribution in [3.05, 3.63) is 0 Å². The molecule has 5 saturated heterocycles. The highest BCUT2D eigenvalue weighted by Crippen LogP contribution is 2.66. The lowest BCUT2D eigenvalue weighted by atomic mass is 9.52. The van der Waals surface area contributed by atoms with Gasteiger partial charge >= 0.3 is 23.9 Å². The van der Waals surface area contributed by atoms with Gasteiger partial charge in [-0.2, -0.15) is 0 Å². The van der Waals surface area contributed by atoms with Crippen LogP contribution in [0.2, 0.25) is 0 Å². The molecule has 16 heteroatoms. The van der Waals surface area contributed by atoms with E-state index in [0.29, 0.717) is 25.7 Å². The van der Waals surface area contributed by atoms with Crippen molar-refractivity contribution in [2.75, 3.05) is 79.3 Å². The molecule has 0 unspecified atom stereocenters.